The quantitative estimate of drug-likeness (QED) is 0.547. The molecule has 0 fully saturated rings. The van der Waals surface area contributed by atoms with Gasteiger partial charge in [-0.1, -0.05) is 18.7 Å². The van der Waals surface area contributed by atoms with Gasteiger partial charge in [-0.05, 0) is 38.0 Å². The maximum Gasteiger partial charge on any atom is 0.343 e. The fourth-order valence-corrected chi connectivity index (χ4v) is 3.79. The second-order valence-corrected chi connectivity index (χ2v) is 7.45. The fraction of sp³-hybridized carbons (Fsp3) is 0.368. The molecule has 0 spiro atoms. The number of aromatic amines is 1. The number of hydrogen-bond donors (Lipinski definition) is 2. The first-order chi connectivity index (χ1) is 14.0. The molecule has 0 bridgehead atoms. The lowest BCUT2D eigenvalue weighted by Gasteiger charge is -2.12. The van der Waals surface area contributed by atoms with Gasteiger partial charge in [-0.3, -0.25) is 9.36 Å². The molecule has 3 rings (SSSR count). The summed E-state index contributed by atoms with van der Waals surface area (Å²) in [6, 6.07) is 5.81. The number of nitrogens with one attached hydrogen (secondary N) is 2. The van der Waals surface area contributed by atoms with Crippen molar-refractivity contribution >= 4 is 23.5 Å². The smallest absolute Gasteiger partial charge is 0.343 e. The van der Waals surface area contributed by atoms with E-state index in [9.17, 15) is 14.9 Å². The average molecular weight is 414 g/mol. The Labute approximate surface area is 171 Å². The van der Waals surface area contributed by atoms with Crippen LogP contribution in [0.2, 0.25) is 0 Å². The number of aromatic nitrogens is 4. The number of carbonyl (C=O) groups excluding carboxylic acids is 1. The summed E-state index contributed by atoms with van der Waals surface area (Å²) >= 11 is 1.17. The van der Waals surface area contributed by atoms with Crippen LogP contribution in [0, 0.1) is 25.2 Å². The van der Waals surface area contributed by atoms with Gasteiger partial charge in [-0.2, -0.15) is 5.26 Å². The summed E-state index contributed by atoms with van der Waals surface area (Å²) in [4.78, 5) is 24.4. The van der Waals surface area contributed by atoms with E-state index in [1.54, 1.807) is 12.3 Å². The lowest BCUT2D eigenvalue weighted by Crippen LogP contribution is -2.20. The Balaban J connectivity index is 1.79. The van der Waals surface area contributed by atoms with E-state index in [1.807, 2.05) is 31.4 Å². The minimum absolute atomic E-state index is 0.0584. The van der Waals surface area contributed by atoms with Crippen LogP contribution in [-0.4, -0.2) is 31.0 Å². The molecule has 2 N–H and O–H groups in total. The summed E-state index contributed by atoms with van der Waals surface area (Å²) in [6.07, 6.45) is 2.37. The number of thioether (sulfide) groups is 1. The highest BCUT2D eigenvalue weighted by Gasteiger charge is 2.21. The van der Waals surface area contributed by atoms with E-state index in [-0.39, 0.29) is 17.3 Å². The molecule has 0 aliphatic rings. The molecule has 29 heavy (non-hydrogen) atoms. The lowest BCUT2D eigenvalue weighted by molar-refractivity contribution is -0.113. The van der Waals surface area contributed by atoms with Gasteiger partial charge < -0.3 is 14.3 Å². The van der Waals surface area contributed by atoms with E-state index in [1.165, 1.54) is 16.3 Å². The van der Waals surface area contributed by atoms with Crippen molar-refractivity contribution in [2.45, 2.75) is 45.4 Å². The minimum Gasteiger partial charge on any atom is -0.467 e. The van der Waals surface area contributed by atoms with Gasteiger partial charge in [0.25, 0.3) is 0 Å². The highest BCUT2D eigenvalue weighted by atomic mass is 32.2. The standard InChI is InChI=1S/C19H22N6O3S/c1-4-7-24-18(27)22-23-19(24)29-11-16(26)21-17-15(9-20)12(2)13(3)25(17)10-14-6-5-8-28-14/h5-6,8H,4,7,10-11H2,1-3H3,(H,21,26)(H,22,27). The van der Waals surface area contributed by atoms with E-state index in [0.29, 0.717) is 29.6 Å². The summed E-state index contributed by atoms with van der Waals surface area (Å²) in [5.41, 5.74) is 1.83. The molecule has 1 amide bonds. The molecular weight excluding hydrogens is 392 g/mol. The van der Waals surface area contributed by atoms with Crippen molar-refractivity contribution in [1.29, 1.82) is 5.26 Å². The Morgan fingerprint density at radius 2 is 2.21 bits per heavy atom. The predicted molar refractivity (Wildman–Crippen MR) is 109 cm³/mol. The molecule has 9 nitrogen and oxygen atoms in total. The van der Waals surface area contributed by atoms with Crippen LogP contribution in [-0.2, 0) is 17.9 Å². The van der Waals surface area contributed by atoms with Crippen molar-refractivity contribution < 1.29 is 9.21 Å². The first kappa shape index (κ1) is 20.5. The van der Waals surface area contributed by atoms with Gasteiger partial charge in [-0.25, -0.2) is 9.89 Å². The van der Waals surface area contributed by atoms with Crippen LogP contribution in [0.1, 0.15) is 35.9 Å². The summed E-state index contributed by atoms with van der Waals surface area (Å²) in [7, 11) is 0. The topological polar surface area (TPSA) is 122 Å². The zero-order valence-corrected chi connectivity index (χ0v) is 17.3. The number of anilines is 1. The number of H-pyrrole nitrogens is 1. The van der Waals surface area contributed by atoms with Crippen LogP contribution in [0.5, 0.6) is 0 Å². The van der Waals surface area contributed by atoms with Crippen LogP contribution >= 0.6 is 11.8 Å². The Morgan fingerprint density at radius 3 is 2.86 bits per heavy atom. The lowest BCUT2D eigenvalue weighted by atomic mass is 10.2. The molecule has 3 heterocycles. The molecule has 0 atom stereocenters. The first-order valence-electron chi connectivity index (χ1n) is 9.16. The molecule has 0 aliphatic heterocycles. The molecule has 0 radical (unpaired) electrons. The summed E-state index contributed by atoms with van der Waals surface area (Å²) in [6.45, 7) is 6.64. The van der Waals surface area contributed by atoms with E-state index < -0.39 is 0 Å². The second-order valence-electron chi connectivity index (χ2n) is 6.51. The third-order valence-electron chi connectivity index (χ3n) is 4.60. The number of rotatable bonds is 8. The van der Waals surface area contributed by atoms with E-state index in [4.69, 9.17) is 4.42 Å². The van der Waals surface area contributed by atoms with Crippen molar-refractivity contribution in [2.75, 3.05) is 11.1 Å². The Bertz CT molecular complexity index is 1100. The van der Waals surface area contributed by atoms with Gasteiger partial charge in [-0.15, -0.1) is 5.10 Å². The zero-order valence-electron chi connectivity index (χ0n) is 16.5. The number of hydrogen-bond acceptors (Lipinski definition) is 6. The number of nitrogens with zero attached hydrogens (tertiary/aromatic N) is 4. The van der Waals surface area contributed by atoms with Gasteiger partial charge in [0.15, 0.2) is 5.16 Å². The monoisotopic (exact) mass is 414 g/mol. The highest BCUT2D eigenvalue weighted by Crippen LogP contribution is 2.28. The molecule has 0 aliphatic carbocycles. The van der Waals surface area contributed by atoms with Gasteiger partial charge in [0.2, 0.25) is 5.91 Å². The highest BCUT2D eigenvalue weighted by molar-refractivity contribution is 7.99. The Kier molecular flexibility index (Phi) is 6.29. The van der Waals surface area contributed by atoms with Gasteiger partial charge in [0.05, 0.1) is 24.1 Å². The molecule has 3 aromatic rings. The van der Waals surface area contributed by atoms with Crippen molar-refractivity contribution in [3.63, 3.8) is 0 Å². The minimum atomic E-state index is -0.292. The maximum absolute atomic E-state index is 12.6. The number of furan rings is 1. The SMILES string of the molecule is CCCn1c(SCC(=O)Nc2c(C#N)c(C)c(C)n2Cc2ccco2)n[nH]c1=O. The van der Waals surface area contributed by atoms with E-state index >= 15 is 0 Å². The Morgan fingerprint density at radius 1 is 1.41 bits per heavy atom. The molecule has 0 saturated carbocycles. The summed E-state index contributed by atoms with van der Waals surface area (Å²) in [5, 5.41) is 19.3. The zero-order chi connectivity index (χ0) is 21.0. The van der Waals surface area contributed by atoms with Crippen LogP contribution < -0.4 is 11.0 Å². The molecule has 3 aromatic heterocycles. The molecular formula is C19H22N6O3S. The second kappa shape index (κ2) is 8.87. The van der Waals surface area contributed by atoms with Crippen molar-refractivity contribution in [3.05, 3.63) is 51.5 Å². The molecule has 0 aromatic carbocycles. The molecule has 0 unspecified atom stereocenters. The third kappa shape index (κ3) is 4.30. The van der Waals surface area contributed by atoms with Crippen molar-refractivity contribution in [1.82, 2.24) is 19.3 Å². The molecule has 0 saturated heterocycles. The van der Waals surface area contributed by atoms with Crippen LogP contribution in [0.3, 0.4) is 0 Å². The third-order valence-corrected chi connectivity index (χ3v) is 5.57. The molecule has 10 heteroatoms. The van der Waals surface area contributed by atoms with Crippen LogP contribution in [0.4, 0.5) is 5.82 Å². The summed E-state index contributed by atoms with van der Waals surface area (Å²) < 4.78 is 8.78. The van der Waals surface area contributed by atoms with Crippen LogP contribution in [0.25, 0.3) is 0 Å². The largest absolute Gasteiger partial charge is 0.467 e. The summed E-state index contributed by atoms with van der Waals surface area (Å²) in [5.74, 6) is 0.932. The maximum atomic E-state index is 12.6. The Hall–Kier alpha value is -3.19. The number of carbonyl (C=O) groups is 1. The fourth-order valence-electron chi connectivity index (χ4n) is 3.02. The first-order valence-corrected chi connectivity index (χ1v) is 10.1. The van der Waals surface area contributed by atoms with E-state index in [0.717, 1.165) is 23.4 Å². The molecule has 152 valence electrons. The number of nitriles is 1. The van der Waals surface area contributed by atoms with Gasteiger partial charge in [0.1, 0.15) is 17.6 Å². The van der Waals surface area contributed by atoms with Crippen molar-refractivity contribution in [3.8, 4) is 6.07 Å². The van der Waals surface area contributed by atoms with Gasteiger partial charge in [0, 0.05) is 12.2 Å². The van der Waals surface area contributed by atoms with Crippen LogP contribution in [0.15, 0.2) is 32.8 Å². The predicted octanol–water partition coefficient (Wildman–Crippen LogP) is 2.64. The van der Waals surface area contributed by atoms with Crippen molar-refractivity contribution in [2.24, 2.45) is 0 Å². The number of amides is 1. The average Bonchev–Trinajstić information content (AvgIpc) is 3.39. The van der Waals surface area contributed by atoms with E-state index in [2.05, 4.69) is 21.6 Å². The van der Waals surface area contributed by atoms with Gasteiger partial charge >= 0.3 is 5.69 Å². The normalized spacial score (nSPS) is 10.8.